The van der Waals surface area contributed by atoms with Gasteiger partial charge in [0.15, 0.2) is 0 Å². The lowest BCUT2D eigenvalue weighted by Crippen LogP contribution is -2.41. The summed E-state index contributed by atoms with van der Waals surface area (Å²) in [6, 6.07) is 14.0. The van der Waals surface area contributed by atoms with E-state index < -0.39 is 10.0 Å². The fraction of sp³-hybridized carbons (Fsp3) is 0.409. The molecule has 0 aliphatic heterocycles. The highest BCUT2D eigenvalue weighted by Crippen LogP contribution is 2.27. The van der Waals surface area contributed by atoms with E-state index >= 15 is 0 Å². The Labute approximate surface area is 174 Å². The first-order valence-electron chi connectivity index (χ1n) is 9.84. The van der Waals surface area contributed by atoms with E-state index in [0.29, 0.717) is 18.7 Å². The maximum absolute atomic E-state index is 13.4. The van der Waals surface area contributed by atoms with Crippen molar-refractivity contribution in [3.63, 3.8) is 0 Å². The van der Waals surface area contributed by atoms with E-state index in [1.54, 1.807) is 36.4 Å². The molecular weight excluding hydrogens is 386 g/mol. The second-order valence-corrected chi connectivity index (χ2v) is 9.18. The molecule has 158 valence electrons. The van der Waals surface area contributed by atoms with Gasteiger partial charge < -0.3 is 10.2 Å². The van der Waals surface area contributed by atoms with Gasteiger partial charge in [0.2, 0.25) is 5.91 Å². The van der Waals surface area contributed by atoms with Gasteiger partial charge in [-0.3, -0.25) is 9.10 Å². The van der Waals surface area contributed by atoms with E-state index in [9.17, 15) is 13.2 Å². The van der Waals surface area contributed by atoms with Crippen molar-refractivity contribution in [3.8, 4) is 0 Å². The van der Waals surface area contributed by atoms with Crippen molar-refractivity contribution < 1.29 is 13.2 Å². The van der Waals surface area contributed by atoms with Crippen LogP contribution in [0.1, 0.15) is 24.5 Å². The molecule has 0 saturated heterocycles. The summed E-state index contributed by atoms with van der Waals surface area (Å²) in [5.74, 6) is -0.314. The predicted molar refractivity (Wildman–Crippen MR) is 118 cm³/mol. The van der Waals surface area contributed by atoms with Crippen LogP contribution in [0.5, 0.6) is 0 Å². The quantitative estimate of drug-likeness (QED) is 0.604. The maximum atomic E-state index is 13.4. The summed E-state index contributed by atoms with van der Waals surface area (Å²) in [6.07, 6.45) is 1.47. The van der Waals surface area contributed by atoms with Crippen LogP contribution < -0.4 is 9.62 Å². The van der Waals surface area contributed by atoms with Crippen LogP contribution in [0, 0.1) is 6.92 Å². The van der Waals surface area contributed by atoms with Crippen LogP contribution in [-0.2, 0) is 21.2 Å². The van der Waals surface area contributed by atoms with Crippen molar-refractivity contribution in [3.05, 3.63) is 59.7 Å². The summed E-state index contributed by atoms with van der Waals surface area (Å²) in [5.41, 5.74) is 2.39. The molecule has 0 fully saturated rings. The highest BCUT2D eigenvalue weighted by atomic mass is 32.2. The number of nitrogens with one attached hydrogen (secondary N) is 1. The zero-order valence-corrected chi connectivity index (χ0v) is 18.5. The number of nitrogens with zero attached hydrogens (tertiary/aromatic N) is 2. The molecule has 0 aliphatic carbocycles. The lowest BCUT2D eigenvalue weighted by atomic mass is 10.1. The number of carbonyl (C=O) groups excluding carboxylic acids is 1. The van der Waals surface area contributed by atoms with Gasteiger partial charge in [0, 0.05) is 6.54 Å². The summed E-state index contributed by atoms with van der Waals surface area (Å²) < 4.78 is 28.0. The average Bonchev–Trinajstić information content (AvgIpc) is 2.69. The van der Waals surface area contributed by atoms with Crippen LogP contribution in [0.25, 0.3) is 0 Å². The number of rotatable bonds is 10. The van der Waals surface area contributed by atoms with E-state index in [1.165, 1.54) is 4.31 Å². The van der Waals surface area contributed by atoms with E-state index in [0.717, 1.165) is 24.1 Å². The standard InChI is InChI=1S/C22H31N3O3S/c1-5-19-9-6-7-10-21(19)25(17-22(26)23-15-8-16-24(3)4)29(27,28)20-13-11-18(2)12-14-20/h6-7,9-14H,5,8,15-17H2,1-4H3,(H,23,26). The molecular formula is C22H31N3O3S. The van der Waals surface area contributed by atoms with E-state index in [-0.39, 0.29) is 17.3 Å². The summed E-state index contributed by atoms with van der Waals surface area (Å²) in [4.78, 5) is 14.8. The second-order valence-electron chi connectivity index (χ2n) is 7.31. The molecule has 0 unspecified atom stereocenters. The number of aryl methyl sites for hydroxylation is 2. The third kappa shape index (κ3) is 6.30. The minimum Gasteiger partial charge on any atom is -0.354 e. The second kappa shape index (κ2) is 10.4. The van der Waals surface area contributed by atoms with Crippen LogP contribution in [0.4, 0.5) is 5.69 Å². The first-order chi connectivity index (χ1) is 13.8. The fourth-order valence-corrected chi connectivity index (χ4v) is 4.46. The monoisotopic (exact) mass is 417 g/mol. The first-order valence-corrected chi connectivity index (χ1v) is 11.3. The summed E-state index contributed by atoms with van der Waals surface area (Å²) in [5, 5.41) is 2.84. The largest absolute Gasteiger partial charge is 0.354 e. The third-order valence-electron chi connectivity index (χ3n) is 4.64. The Kier molecular flexibility index (Phi) is 8.22. The molecule has 0 atom stereocenters. The van der Waals surface area contributed by atoms with Crippen molar-refractivity contribution in [2.45, 2.75) is 31.6 Å². The number of para-hydroxylation sites is 1. The van der Waals surface area contributed by atoms with Crippen molar-refractivity contribution in [2.24, 2.45) is 0 Å². The van der Waals surface area contributed by atoms with Crippen molar-refractivity contribution >= 4 is 21.6 Å². The molecule has 2 rings (SSSR count). The normalized spacial score (nSPS) is 11.5. The molecule has 7 heteroatoms. The fourth-order valence-electron chi connectivity index (χ4n) is 3.00. The van der Waals surface area contributed by atoms with E-state index in [2.05, 4.69) is 5.32 Å². The van der Waals surface area contributed by atoms with Crippen molar-refractivity contribution in [2.75, 3.05) is 38.0 Å². The molecule has 0 radical (unpaired) electrons. The Morgan fingerprint density at radius 2 is 1.69 bits per heavy atom. The highest BCUT2D eigenvalue weighted by molar-refractivity contribution is 7.92. The Balaban J connectivity index is 2.31. The molecule has 0 aliphatic rings. The van der Waals surface area contributed by atoms with E-state index in [1.807, 2.05) is 45.0 Å². The molecule has 0 bridgehead atoms. The topological polar surface area (TPSA) is 69.7 Å². The van der Waals surface area contributed by atoms with Gasteiger partial charge in [0.25, 0.3) is 10.0 Å². The minimum absolute atomic E-state index is 0.175. The predicted octanol–water partition coefficient (Wildman–Crippen LogP) is 2.82. The summed E-state index contributed by atoms with van der Waals surface area (Å²) in [7, 11) is 0.0649. The van der Waals surface area contributed by atoms with E-state index in [4.69, 9.17) is 0 Å². The molecule has 0 heterocycles. The number of carbonyl (C=O) groups is 1. The van der Waals surface area contributed by atoms with Gasteiger partial charge in [-0.15, -0.1) is 0 Å². The molecule has 1 amide bonds. The lowest BCUT2D eigenvalue weighted by molar-refractivity contribution is -0.119. The highest BCUT2D eigenvalue weighted by Gasteiger charge is 2.28. The van der Waals surface area contributed by atoms with Crippen LogP contribution >= 0.6 is 0 Å². The zero-order chi connectivity index (χ0) is 21.4. The molecule has 29 heavy (non-hydrogen) atoms. The molecule has 0 aromatic heterocycles. The third-order valence-corrected chi connectivity index (χ3v) is 6.42. The zero-order valence-electron chi connectivity index (χ0n) is 17.7. The van der Waals surface area contributed by atoms with Gasteiger partial charge in [0.1, 0.15) is 6.54 Å². The summed E-state index contributed by atoms with van der Waals surface area (Å²) in [6.45, 7) is 4.98. The van der Waals surface area contributed by atoms with Crippen LogP contribution in [0.2, 0.25) is 0 Å². The van der Waals surface area contributed by atoms with Crippen molar-refractivity contribution in [1.29, 1.82) is 0 Å². The van der Waals surface area contributed by atoms with Crippen molar-refractivity contribution in [1.82, 2.24) is 10.2 Å². The van der Waals surface area contributed by atoms with Gasteiger partial charge in [-0.25, -0.2) is 8.42 Å². The number of amides is 1. The molecule has 0 spiro atoms. The summed E-state index contributed by atoms with van der Waals surface area (Å²) >= 11 is 0. The molecule has 2 aromatic carbocycles. The smallest absolute Gasteiger partial charge is 0.264 e. The van der Waals surface area contributed by atoms with Gasteiger partial charge >= 0.3 is 0 Å². The minimum atomic E-state index is -3.88. The van der Waals surface area contributed by atoms with Crippen LogP contribution in [0.15, 0.2) is 53.4 Å². The van der Waals surface area contributed by atoms with Crippen LogP contribution in [0.3, 0.4) is 0 Å². The first kappa shape index (κ1) is 22.9. The van der Waals surface area contributed by atoms with Gasteiger partial charge in [-0.2, -0.15) is 0 Å². The lowest BCUT2D eigenvalue weighted by Gasteiger charge is -2.26. The van der Waals surface area contributed by atoms with Gasteiger partial charge in [-0.05, 0) is 64.2 Å². The Hall–Kier alpha value is -2.38. The molecule has 6 nitrogen and oxygen atoms in total. The Morgan fingerprint density at radius 1 is 1.03 bits per heavy atom. The number of hydrogen-bond donors (Lipinski definition) is 1. The Bertz CT molecular complexity index is 909. The average molecular weight is 418 g/mol. The molecule has 1 N–H and O–H groups in total. The number of anilines is 1. The molecule has 2 aromatic rings. The van der Waals surface area contributed by atoms with Gasteiger partial charge in [-0.1, -0.05) is 42.8 Å². The SMILES string of the molecule is CCc1ccccc1N(CC(=O)NCCCN(C)C)S(=O)(=O)c1ccc(C)cc1. The number of benzene rings is 2. The van der Waals surface area contributed by atoms with Crippen LogP contribution in [-0.4, -0.2) is 53.0 Å². The maximum Gasteiger partial charge on any atom is 0.264 e. The van der Waals surface area contributed by atoms with Gasteiger partial charge in [0.05, 0.1) is 10.6 Å². The Morgan fingerprint density at radius 3 is 2.31 bits per heavy atom. The number of hydrogen-bond acceptors (Lipinski definition) is 4. The number of sulfonamides is 1. The molecule has 0 saturated carbocycles.